The summed E-state index contributed by atoms with van der Waals surface area (Å²) in [5.74, 6) is -0.564. The lowest BCUT2D eigenvalue weighted by molar-refractivity contribution is -0.384. The average molecular weight is 751 g/mol. The van der Waals surface area contributed by atoms with Crippen molar-refractivity contribution in [1.29, 1.82) is 0 Å². The second kappa shape index (κ2) is 26.1. The molecule has 2 rings (SSSR count). The van der Waals surface area contributed by atoms with E-state index in [0.29, 0.717) is 43.9 Å². The SMILES string of the molecule is CCCCCCCCCCCCCCCCCCOC(=O)C(C)(C)CC(C)(CC)C(=O)OCCN(CC)c1ccc(N=Nc2ccc([N+](=O)[O-])cc2)cc1. The van der Waals surface area contributed by atoms with Crippen LogP contribution in [-0.2, 0) is 19.1 Å². The van der Waals surface area contributed by atoms with Crippen molar-refractivity contribution in [1.82, 2.24) is 0 Å². The molecule has 0 saturated heterocycles. The molecule has 2 aromatic rings. The summed E-state index contributed by atoms with van der Waals surface area (Å²) in [5.41, 5.74) is 0.489. The fourth-order valence-corrected chi connectivity index (χ4v) is 6.78. The van der Waals surface area contributed by atoms with E-state index in [2.05, 4.69) is 22.1 Å². The zero-order valence-corrected chi connectivity index (χ0v) is 34.4. The van der Waals surface area contributed by atoms with Crippen molar-refractivity contribution in [2.75, 3.05) is 31.2 Å². The van der Waals surface area contributed by atoms with Crippen LogP contribution in [0.15, 0.2) is 58.8 Å². The van der Waals surface area contributed by atoms with Gasteiger partial charge in [0.15, 0.2) is 0 Å². The Hall–Kier alpha value is -3.82. The molecule has 54 heavy (non-hydrogen) atoms. The highest BCUT2D eigenvalue weighted by molar-refractivity contribution is 5.80. The zero-order valence-electron chi connectivity index (χ0n) is 34.4. The highest BCUT2D eigenvalue weighted by atomic mass is 16.6. The van der Waals surface area contributed by atoms with Crippen LogP contribution in [0.1, 0.15) is 157 Å². The van der Waals surface area contributed by atoms with Gasteiger partial charge in [0.2, 0.25) is 0 Å². The normalized spacial score (nSPS) is 12.8. The Morgan fingerprint density at radius 3 is 1.54 bits per heavy atom. The predicted octanol–water partition coefficient (Wildman–Crippen LogP) is 13.0. The molecule has 0 amide bonds. The van der Waals surface area contributed by atoms with Crippen LogP contribution < -0.4 is 4.90 Å². The molecule has 0 bridgehead atoms. The number of nitro groups is 1. The van der Waals surface area contributed by atoms with Gasteiger partial charge in [-0.3, -0.25) is 19.7 Å². The molecular weight excluding hydrogens is 681 g/mol. The Morgan fingerprint density at radius 1 is 0.648 bits per heavy atom. The summed E-state index contributed by atoms with van der Waals surface area (Å²) in [6, 6.07) is 13.4. The average Bonchev–Trinajstić information content (AvgIpc) is 3.16. The molecule has 0 saturated carbocycles. The van der Waals surface area contributed by atoms with Crippen LogP contribution in [0, 0.1) is 20.9 Å². The first-order valence-electron chi connectivity index (χ1n) is 20.8. The molecule has 302 valence electrons. The maximum absolute atomic E-state index is 13.4. The van der Waals surface area contributed by atoms with E-state index >= 15 is 0 Å². The molecule has 0 spiro atoms. The van der Waals surface area contributed by atoms with Gasteiger partial charge in [0.25, 0.3) is 5.69 Å². The Bertz CT molecular complexity index is 1380. The molecule has 0 N–H and O–H groups in total. The largest absolute Gasteiger partial charge is 0.465 e. The van der Waals surface area contributed by atoms with Gasteiger partial charge in [-0.2, -0.15) is 10.2 Å². The Labute approximate surface area is 326 Å². The van der Waals surface area contributed by atoms with E-state index in [1.54, 1.807) is 12.1 Å². The van der Waals surface area contributed by atoms with Gasteiger partial charge in [-0.05, 0) is 83.4 Å². The van der Waals surface area contributed by atoms with Crippen molar-refractivity contribution in [2.45, 2.75) is 157 Å². The molecule has 0 aliphatic carbocycles. The minimum atomic E-state index is -0.815. The summed E-state index contributed by atoms with van der Waals surface area (Å²) in [7, 11) is 0. The Balaban J connectivity index is 1.66. The number of rotatable bonds is 30. The number of unbranched alkanes of at least 4 members (excludes halogenated alkanes) is 15. The number of ether oxygens (including phenoxy) is 2. The predicted molar refractivity (Wildman–Crippen MR) is 220 cm³/mol. The third-order valence-electron chi connectivity index (χ3n) is 10.4. The third kappa shape index (κ3) is 18.0. The van der Waals surface area contributed by atoms with Gasteiger partial charge in [-0.15, -0.1) is 0 Å². The fourth-order valence-electron chi connectivity index (χ4n) is 6.78. The second-order valence-corrected chi connectivity index (χ2v) is 15.6. The van der Waals surface area contributed by atoms with Gasteiger partial charge in [0.1, 0.15) is 6.61 Å². The van der Waals surface area contributed by atoms with Crippen molar-refractivity contribution in [3.8, 4) is 0 Å². The van der Waals surface area contributed by atoms with Crippen LogP contribution in [0.5, 0.6) is 0 Å². The van der Waals surface area contributed by atoms with Gasteiger partial charge in [0, 0.05) is 24.4 Å². The molecule has 10 heteroatoms. The number of hydrogen-bond donors (Lipinski definition) is 0. The van der Waals surface area contributed by atoms with Crippen molar-refractivity contribution in [2.24, 2.45) is 21.1 Å². The zero-order chi connectivity index (χ0) is 39.7. The van der Waals surface area contributed by atoms with Crippen LogP contribution in [0.2, 0.25) is 0 Å². The van der Waals surface area contributed by atoms with Gasteiger partial charge in [-0.25, -0.2) is 0 Å². The standard InChI is InChI=1S/C44H70N4O6/c1-7-10-11-12-13-14-15-16-17-18-19-20-21-22-23-24-34-53-41(49)43(4,5)36-44(6,8-2)42(50)54-35-33-47(9-3)39-29-25-37(26-30-39)45-46-38-27-31-40(32-28-38)48(51)52/h25-32H,7-24,33-36H2,1-6H3. The molecule has 0 heterocycles. The lowest BCUT2D eigenvalue weighted by Crippen LogP contribution is -2.39. The first-order chi connectivity index (χ1) is 26.0. The topological polar surface area (TPSA) is 124 Å². The molecule has 10 nitrogen and oxygen atoms in total. The number of non-ortho nitro benzene ring substituents is 1. The highest BCUT2D eigenvalue weighted by Crippen LogP contribution is 2.38. The molecule has 0 aromatic heterocycles. The van der Waals surface area contributed by atoms with Gasteiger partial charge < -0.3 is 14.4 Å². The lowest BCUT2D eigenvalue weighted by Gasteiger charge is -2.34. The first kappa shape index (κ1) is 46.3. The summed E-state index contributed by atoms with van der Waals surface area (Å²) in [6.07, 6.45) is 21.7. The maximum Gasteiger partial charge on any atom is 0.311 e. The summed E-state index contributed by atoms with van der Waals surface area (Å²) < 4.78 is 11.5. The number of hydrogen-bond acceptors (Lipinski definition) is 9. The molecule has 0 fully saturated rings. The smallest absolute Gasteiger partial charge is 0.311 e. The number of carbonyl (C=O) groups excluding carboxylic acids is 2. The number of carbonyl (C=O) groups is 2. The lowest BCUT2D eigenvalue weighted by atomic mass is 9.72. The van der Waals surface area contributed by atoms with E-state index in [1.807, 2.05) is 58.9 Å². The third-order valence-corrected chi connectivity index (χ3v) is 10.4. The monoisotopic (exact) mass is 751 g/mol. The highest BCUT2D eigenvalue weighted by Gasteiger charge is 2.43. The van der Waals surface area contributed by atoms with Crippen LogP contribution in [0.25, 0.3) is 0 Å². The number of anilines is 1. The van der Waals surface area contributed by atoms with Crippen LogP contribution in [-0.4, -0.2) is 43.2 Å². The Morgan fingerprint density at radius 2 is 1.09 bits per heavy atom. The summed E-state index contributed by atoms with van der Waals surface area (Å²) in [5, 5.41) is 19.2. The fraction of sp³-hybridized carbons (Fsp3) is 0.682. The minimum absolute atomic E-state index is 0.00235. The quantitative estimate of drug-likeness (QED) is 0.0256. The molecule has 0 aliphatic heterocycles. The molecule has 0 aliphatic rings. The molecule has 2 aromatic carbocycles. The minimum Gasteiger partial charge on any atom is -0.465 e. The number of esters is 2. The second-order valence-electron chi connectivity index (χ2n) is 15.6. The van der Waals surface area contributed by atoms with Gasteiger partial charge >= 0.3 is 11.9 Å². The Kier molecular flexibility index (Phi) is 22.4. The molecule has 0 radical (unpaired) electrons. The van der Waals surface area contributed by atoms with E-state index in [0.717, 1.165) is 18.5 Å². The molecule has 1 unspecified atom stereocenters. The number of benzene rings is 2. The van der Waals surface area contributed by atoms with Crippen molar-refractivity contribution in [3.63, 3.8) is 0 Å². The van der Waals surface area contributed by atoms with Crippen LogP contribution in [0.4, 0.5) is 22.7 Å². The molecular formula is C44H70N4O6. The summed E-state index contributed by atoms with van der Waals surface area (Å²) in [6.45, 7) is 13.7. The van der Waals surface area contributed by atoms with Crippen molar-refractivity contribution in [3.05, 3.63) is 58.6 Å². The summed E-state index contributed by atoms with van der Waals surface area (Å²) in [4.78, 5) is 39.0. The van der Waals surface area contributed by atoms with Gasteiger partial charge in [0.05, 0.1) is 40.3 Å². The number of likely N-dealkylation sites (N-methyl/N-ethyl adjacent to an activating group) is 1. The maximum atomic E-state index is 13.4. The number of azo groups is 1. The van der Waals surface area contributed by atoms with Crippen LogP contribution in [0.3, 0.4) is 0 Å². The van der Waals surface area contributed by atoms with E-state index < -0.39 is 15.8 Å². The van der Waals surface area contributed by atoms with E-state index in [9.17, 15) is 19.7 Å². The molecule has 1 atom stereocenters. The first-order valence-corrected chi connectivity index (χ1v) is 20.8. The van der Waals surface area contributed by atoms with Gasteiger partial charge in [-0.1, -0.05) is 110 Å². The van der Waals surface area contributed by atoms with E-state index in [4.69, 9.17) is 9.47 Å². The van der Waals surface area contributed by atoms with Crippen LogP contribution >= 0.6 is 0 Å². The van der Waals surface area contributed by atoms with E-state index in [1.165, 1.54) is 102 Å². The summed E-state index contributed by atoms with van der Waals surface area (Å²) >= 11 is 0. The van der Waals surface area contributed by atoms with E-state index in [-0.39, 0.29) is 24.2 Å². The number of nitro benzene ring substituents is 1. The van der Waals surface area contributed by atoms with Crippen molar-refractivity contribution >= 4 is 34.7 Å². The number of nitrogens with zero attached hydrogens (tertiary/aromatic N) is 4. The van der Waals surface area contributed by atoms with Crippen molar-refractivity contribution < 1.29 is 24.0 Å².